The van der Waals surface area contributed by atoms with E-state index >= 15 is 9.18 Å². The highest BCUT2D eigenvalue weighted by Crippen LogP contribution is 2.56. The third kappa shape index (κ3) is 6.27. The lowest BCUT2D eigenvalue weighted by Crippen LogP contribution is -2.41. The Hall–Kier alpha value is -6.94. The highest BCUT2D eigenvalue weighted by atomic mass is 19.1. The molecule has 65 heavy (non-hydrogen) atoms. The molecule has 1 saturated heterocycles. The lowest BCUT2D eigenvalue weighted by atomic mass is 9.83. The van der Waals surface area contributed by atoms with Crippen LogP contribution in [0.4, 0.5) is 4.39 Å². The molecule has 0 radical (unpaired) electrons. The van der Waals surface area contributed by atoms with Crippen molar-refractivity contribution in [1.29, 1.82) is 0 Å². The minimum absolute atomic E-state index is 0.0180. The van der Waals surface area contributed by atoms with Crippen LogP contribution in [0.1, 0.15) is 103 Å². The zero-order valence-corrected chi connectivity index (χ0v) is 37.3. The molecule has 2 fully saturated rings. The number of halogens is 1. The third-order valence-corrected chi connectivity index (χ3v) is 14.3. The number of nitrogens with zero attached hydrogens (tertiary/aromatic N) is 9. The Balaban J connectivity index is 1.07. The number of nitrogens with one attached hydrogen (secondary N) is 1. The van der Waals surface area contributed by atoms with Gasteiger partial charge in [-0.25, -0.2) is 18.9 Å². The SMILES string of the molecule is Cc1cc(-n2nc3c(c2-c2cncn(-c4cccc5c4cnn5C)c2=O)[C@H](C)N(C(=O)c2cc4cc([C@H]5CCOC(C)(C)C5)ccc4n2[C@@]2(c4noc(=O)[nH]4)C[C@@H]2C)CC3)cc(C)c1F. The molecular weight excluding hydrogens is 828 g/mol. The van der Waals surface area contributed by atoms with Crippen molar-refractivity contribution >= 4 is 27.7 Å². The molecule has 15 nitrogen and oxygen atoms in total. The molecule has 8 aromatic rings. The van der Waals surface area contributed by atoms with Gasteiger partial charge in [0.25, 0.3) is 11.5 Å². The van der Waals surface area contributed by atoms with E-state index in [0.29, 0.717) is 71.3 Å². The van der Waals surface area contributed by atoms with E-state index in [1.54, 1.807) is 47.7 Å². The van der Waals surface area contributed by atoms with Gasteiger partial charge in [0.1, 0.15) is 23.4 Å². The number of aryl methyl sites for hydroxylation is 3. The number of benzene rings is 3. The molecule has 1 amide bonds. The average Bonchev–Trinajstić information content (AvgIpc) is 3.78. The Morgan fingerprint density at radius 3 is 2.49 bits per heavy atom. The second-order valence-corrected chi connectivity index (χ2v) is 18.9. The highest BCUT2D eigenvalue weighted by Gasteiger charge is 2.59. The van der Waals surface area contributed by atoms with E-state index < -0.39 is 17.3 Å². The van der Waals surface area contributed by atoms with Crippen LogP contribution < -0.4 is 11.3 Å². The molecule has 332 valence electrons. The number of aromatic nitrogens is 9. The van der Waals surface area contributed by atoms with Crippen LogP contribution in [0.5, 0.6) is 0 Å². The maximum absolute atomic E-state index is 15.6. The molecule has 16 heteroatoms. The first-order valence-corrected chi connectivity index (χ1v) is 22.2. The summed E-state index contributed by atoms with van der Waals surface area (Å²) in [6.45, 7) is 12.7. The molecule has 1 saturated carbocycles. The van der Waals surface area contributed by atoms with E-state index in [4.69, 9.17) is 14.4 Å². The Labute approximate surface area is 372 Å². The van der Waals surface area contributed by atoms with Crippen LogP contribution in [0.3, 0.4) is 0 Å². The van der Waals surface area contributed by atoms with Crippen LogP contribution in [0.15, 0.2) is 87.4 Å². The van der Waals surface area contributed by atoms with Gasteiger partial charge in [0.05, 0.1) is 51.7 Å². The second kappa shape index (κ2) is 14.5. The summed E-state index contributed by atoms with van der Waals surface area (Å²) in [6, 6.07) is 16.9. The molecule has 0 bridgehead atoms. The lowest BCUT2D eigenvalue weighted by Gasteiger charge is -2.35. The van der Waals surface area contributed by atoms with Crippen molar-refractivity contribution in [2.24, 2.45) is 13.0 Å². The number of H-pyrrole nitrogens is 1. The predicted octanol–water partition coefficient (Wildman–Crippen LogP) is 7.57. The summed E-state index contributed by atoms with van der Waals surface area (Å²) in [5.74, 6) is -0.533. The first-order valence-electron chi connectivity index (χ1n) is 22.2. The summed E-state index contributed by atoms with van der Waals surface area (Å²) in [6.07, 6.45) is 7.54. The zero-order chi connectivity index (χ0) is 45.3. The molecule has 0 unspecified atom stereocenters. The topological polar surface area (TPSA) is 164 Å². The van der Waals surface area contributed by atoms with Crippen molar-refractivity contribution in [2.45, 2.75) is 90.3 Å². The first-order chi connectivity index (χ1) is 31.1. The van der Waals surface area contributed by atoms with Gasteiger partial charge >= 0.3 is 5.76 Å². The minimum atomic E-state index is -0.836. The molecular formula is C49H49FN10O5. The summed E-state index contributed by atoms with van der Waals surface area (Å²) in [5.41, 5.74) is 6.10. The zero-order valence-electron chi connectivity index (χ0n) is 37.3. The van der Waals surface area contributed by atoms with E-state index in [-0.39, 0.29) is 40.3 Å². The summed E-state index contributed by atoms with van der Waals surface area (Å²) < 4.78 is 33.3. The number of carbonyl (C=O) groups is 1. The number of hydrogen-bond donors (Lipinski definition) is 1. The average molecular weight is 877 g/mol. The maximum atomic E-state index is 15.6. The summed E-state index contributed by atoms with van der Waals surface area (Å²) >= 11 is 0. The molecule has 1 aliphatic carbocycles. The smallest absolute Gasteiger partial charge is 0.376 e. The van der Waals surface area contributed by atoms with Crippen LogP contribution in [0.2, 0.25) is 0 Å². The van der Waals surface area contributed by atoms with Gasteiger partial charge in [0.15, 0.2) is 5.82 Å². The molecule has 4 atom stereocenters. The van der Waals surface area contributed by atoms with Gasteiger partial charge in [-0.05, 0) is 125 Å². The molecule has 11 rings (SSSR count). The van der Waals surface area contributed by atoms with Crippen LogP contribution in [0.25, 0.3) is 44.4 Å². The Morgan fingerprint density at radius 2 is 1.77 bits per heavy atom. The van der Waals surface area contributed by atoms with Crippen LogP contribution in [0, 0.1) is 25.6 Å². The van der Waals surface area contributed by atoms with Gasteiger partial charge < -0.3 is 14.2 Å². The fraction of sp³-hybridized carbons (Fsp3) is 0.367. The quantitative estimate of drug-likeness (QED) is 0.170. The van der Waals surface area contributed by atoms with Crippen molar-refractivity contribution in [3.63, 3.8) is 0 Å². The largest absolute Gasteiger partial charge is 0.438 e. The second-order valence-electron chi connectivity index (χ2n) is 18.9. The number of carbonyl (C=O) groups excluding carboxylic acids is 1. The number of rotatable bonds is 7. The van der Waals surface area contributed by atoms with Crippen molar-refractivity contribution in [3.05, 3.63) is 140 Å². The maximum Gasteiger partial charge on any atom is 0.438 e. The monoisotopic (exact) mass is 876 g/mol. The highest BCUT2D eigenvalue weighted by molar-refractivity contribution is 6.00. The number of fused-ring (bicyclic) bond motifs is 3. The van der Waals surface area contributed by atoms with Crippen molar-refractivity contribution in [3.8, 4) is 22.6 Å². The molecule has 2 aliphatic heterocycles. The van der Waals surface area contributed by atoms with E-state index in [1.165, 1.54) is 16.5 Å². The van der Waals surface area contributed by atoms with Crippen LogP contribution in [-0.4, -0.2) is 73.4 Å². The Bertz CT molecular complexity index is 3360. The third-order valence-electron chi connectivity index (χ3n) is 14.3. The summed E-state index contributed by atoms with van der Waals surface area (Å²) in [4.78, 5) is 52.3. The molecule has 5 aromatic heterocycles. The molecule has 7 heterocycles. The van der Waals surface area contributed by atoms with E-state index in [0.717, 1.165) is 40.3 Å². The van der Waals surface area contributed by atoms with Gasteiger partial charge in [0, 0.05) is 54.7 Å². The Morgan fingerprint density at radius 1 is 0.985 bits per heavy atom. The van der Waals surface area contributed by atoms with Gasteiger partial charge in [-0.2, -0.15) is 10.2 Å². The van der Waals surface area contributed by atoms with E-state index in [2.05, 4.69) is 63.8 Å². The summed E-state index contributed by atoms with van der Waals surface area (Å²) in [7, 11) is 1.85. The molecule has 3 aliphatic rings. The number of hydrogen-bond acceptors (Lipinski definition) is 9. The molecule has 0 spiro atoms. The van der Waals surface area contributed by atoms with Gasteiger partial charge in [-0.3, -0.25) is 28.3 Å². The van der Waals surface area contributed by atoms with E-state index in [1.807, 2.05) is 43.1 Å². The Kier molecular flexibility index (Phi) is 9.13. The van der Waals surface area contributed by atoms with Crippen molar-refractivity contribution in [1.82, 2.24) is 48.7 Å². The van der Waals surface area contributed by atoms with Crippen molar-refractivity contribution < 1.29 is 18.4 Å². The standard InChI is InChI=1S/C49H49FN10O5/c1-26-17-33(18-27(2)42(26)50)60-43(35-23-51-25-58(44(35)61)39-10-8-9-38-34(39)24-52-56(38)7)41-29(4)57(15-13-36(41)54-60)45(62)40-20-32-19-30(31-14-16-64-48(5,6)22-31)11-12-37(32)59(40)49(21-28(49)3)46-53-47(63)65-55-46/h8-12,17-20,23-25,28-29,31H,13-16,21-22H2,1-7H3,(H,53,55,63)/t28-,29-,31-,49-/m0/s1. The fourth-order valence-corrected chi connectivity index (χ4v) is 10.9. The van der Waals surface area contributed by atoms with Crippen LogP contribution in [-0.2, 0) is 23.7 Å². The fourth-order valence-electron chi connectivity index (χ4n) is 10.9. The normalized spacial score (nSPS) is 21.6. The first kappa shape index (κ1) is 40.8. The van der Waals surface area contributed by atoms with Gasteiger partial charge in [0.2, 0.25) is 0 Å². The number of aromatic amines is 1. The van der Waals surface area contributed by atoms with Crippen molar-refractivity contribution in [2.75, 3.05) is 13.2 Å². The van der Waals surface area contributed by atoms with Crippen LogP contribution >= 0.6 is 0 Å². The number of ether oxygens (including phenoxy) is 1. The molecule has 1 N–H and O–H groups in total. The van der Waals surface area contributed by atoms with Gasteiger partial charge in [-0.15, -0.1) is 0 Å². The van der Waals surface area contributed by atoms with Gasteiger partial charge in [-0.1, -0.05) is 24.2 Å². The van der Waals surface area contributed by atoms with E-state index in [9.17, 15) is 9.59 Å². The minimum Gasteiger partial charge on any atom is -0.376 e. The lowest BCUT2D eigenvalue weighted by molar-refractivity contribution is -0.0592. The molecule has 3 aromatic carbocycles. The number of amides is 1. The summed E-state index contributed by atoms with van der Waals surface area (Å²) in [5, 5.41) is 15.5. The predicted molar refractivity (Wildman–Crippen MR) is 241 cm³/mol.